The summed E-state index contributed by atoms with van der Waals surface area (Å²) < 4.78 is 0. The van der Waals surface area contributed by atoms with E-state index < -0.39 is 0 Å². The molecule has 0 saturated carbocycles. The van der Waals surface area contributed by atoms with E-state index in [1.165, 1.54) is 12.0 Å². The highest BCUT2D eigenvalue weighted by atomic mass is 16.7. The molecule has 0 aliphatic rings. The molecule has 0 amide bonds. The molecule has 3 heteroatoms. The van der Waals surface area contributed by atoms with Crippen LogP contribution in [0.5, 0.6) is 0 Å². The Labute approximate surface area is 71.5 Å². The van der Waals surface area contributed by atoms with Gasteiger partial charge in [0.15, 0.2) is 0 Å². The minimum atomic E-state index is -0.318. The lowest BCUT2D eigenvalue weighted by Crippen LogP contribution is -2.20. The third-order valence-corrected chi connectivity index (χ3v) is 1.39. The molecule has 0 bridgehead atoms. The highest BCUT2D eigenvalue weighted by Crippen LogP contribution is 2.10. The molecule has 0 fully saturated rings. The molecule has 0 spiro atoms. The third-order valence-electron chi connectivity index (χ3n) is 1.39. The Morgan fingerprint density at radius 3 is 2.42 bits per heavy atom. The molecule has 0 unspecified atom stereocenters. The summed E-state index contributed by atoms with van der Waals surface area (Å²) in [7, 11) is 1.69. The smallest absolute Gasteiger partial charge is 0.329 e. The molecule has 0 radical (unpaired) electrons. The van der Waals surface area contributed by atoms with Gasteiger partial charge in [-0.15, -0.1) is 0 Å². The van der Waals surface area contributed by atoms with Crippen molar-refractivity contribution in [3.8, 4) is 0 Å². The van der Waals surface area contributed by atoms with Crippen molar-refractivity contribution in [3.63, 3.8) is 0 Å². The van der Waals surface area contributed by atoms with E-state index in [1.54, 1.807) is 7.05 Å². The lowest BCUT2D eigenvalue weighted by molar-refractivity contribution is -0.141. The van der Waals surface area contributed by atoms with Crippen LogP contribution in [0.1, 0.15) is 6.92 Å². The van der Waals surface area contributed by atoms with Crippen LogP contribution in [-0.2, 0) is 9.63 Å². The normalized spacial score (nSPS) is 9.17. The van der Waals surface area contributed by atoms with Crippen LogP contribution in [0.4, 0.5) is 5.69 Å². The summed E-state index contributed by atoms with van der Waals surface area (Å²) in [5, 5.41) is 1.43. The van der Waals surface area contributed by atoms with E-state index in [-0.39, 0.29) is 5.97 Å². The summed E-state index contributed by atoms with van der Waals surface area (Å²) in [6, 6.07) is 9.40. The lowest BCUT2D eigenvalue weighted by atomic mass is 10.3. The van der Waals surface area contributed by atoms with Gasteiger partial charge in [-0.25, -0.2) is 5.06 Å². The number of benzene rings is 1. The van der Waals surface area contributed by atoms with E-state index in [9.17, 15) is 4.79 Å². The molecule has 3 nitrogen and oxygen atoms in total. The fraction of sp³-hybridized carbons (Fsp3) is 0.222. The van der Waals surface area contributed by atoms with Gasteiger partial charge in [-0.1, -0.05) is 18.2 Å². The van der Waals surface area contributed by atoms with E-state index in [1.807, 2.05) is 30.3 Å². The van der Waals surface area contributed by atoms with Gasteiger partial charge in [0.05, 0.1) is 5.69 Å². The average molecular weight is 165 g/mol. The van der Waals surface area contributed by atoms with Crippen LogP contribution in [0.2, 0.25) is 0 Å². The summed E-state index contributed by atoms with van der Waals surface area (Å²) in [4.78, 5) is 15.4. The molecule has 64 valence electrons. The molecular formula is C9H11NO2. The van der Waals surface area contributed by atoms with E-state index >= 15 is 0 Å². The fourth-order valence-corrected chi connectivity index (χ4v) is 0.883. The first-order valence-electron chi connectivity index (χ1n) is 3.67. The number of hydrogen-bond acceptors (Lipinski definition) is 3. The van der Waals surface area contributed by atoms with Crippen molar-refractivity contribution in [1.29, 1.82) is 0 Å². The molecule has 0 aliphatic heterocycles. The summed E-state index contributed by atoms with van der Waals surface area (Å²) in [6.45, 7) is 1.37. The zero-order valence-electron chi connectivity index (χ0n) is 7.15. The number of carbonyl (C=O) groups is 1. The number of carbonyl (C=O) groups excluding carboxylic acids is 1. The number of nitrogens with zero attached hydrogens (tertiary/aromatic N) is 1. The monoisotopic (exact) mass is 165 g/mol. The van der Waals surface area contributed by atoms with E-state index in [4.69, 9.17) is 4.84 Å². The molecule has 1 aromatic rings. The van der Waals surface area contributed by atoms with Crippen molar-refractivity contribution in [2.75, 3.05) is 12.1 Å². The van der Waals surface area contributed by atoms with Crippen molar-refractivity contribution >= 4 is 11.7 Å². The topological polar surface area (TPSA) is 29.5 Å². The lowest BCUT2D eigenvalue weighted by Gasteiger charge is -2.16. The minimum absolute atomic E-state index is 0.318. The maximum Gasteiger partial charge on any atom is 0.329 e. The molecule has 0 heterocycles. The SMILES string of the molecule is CC(=O)ON(C)c1ccccc1. The van der Waals surface area contributed by atoms with Gasteiger partial charge in [-0.2, -0.15) is 0 Å². The molecule has 0 aromatic heterocycles. The molecule has 0 saturated heterocycles. The van der Waals surface area contributed by atoms with Crippen molar-refractivity contribution < 1.29 is 9.63 Å². The van der Waals surface area contributed by atoms with Crippen LogP contribution in [0, 0.1) is 0 Å². The molecule has 1 aromatic carbocycles. The van der Waals surface area contributed by atoms with Crippen molar-refractivity contribution in [2.24, 2.45) is 0 Å². The highest BCUT2D eigenvalue weighted by molar-refractivity contribution is 5.67. The molecule has 0 atom stereocenters. The second-order valence-electron chi connectivity index (χ2n) is 2.42. The van der Waals surface area contributed by atoms with Gasteiger partial charge in [-0.3, -0.25) is 4.79 Å². The predicted octanol–water partition coefficient (Wildman–Crippen LogP) is 1.60. The first-order valence-corrected chi connectivity index (χ1v) is 3.67. The highest BCUT2D eigenvalue weighted by Gasteiger charge is 2.01. The van der Waals surface area contributed by atoms with Gasteiger partial charge in [0.2, 0.25) is 0 Å². The largest absolute Gasteiger partial charge is 0.341 e. The number of hydroxylamine groups is 1. The van der Waals surface area contributed by atoms with Crippen LogP contribution in [-0.4, -0.2) is 13.0 Å². The summed E-state index contributed by atoms with van der Waals surface area (Å²) in [5.74, 6) is -0.318. The van der Waals surface area contributed by atoms with Crippen molar-refractivity contribution in [3.05, 3.63) is 30.3 Å². The van der Waals surface area contributed by atoms with E-state index in [0.717, 1.165) is 5.69 Å². The zero-order valence-corrected chi connectivity index (χ0v) is 7.15. The number of anilines is 1. The van der Waals surface area contributed by atoms with E-state index in [2.05, 4.69) is 0 Å². The summed E-state index contributed by atoms with van der Waals surface area (Å²) >= 11 is 0. The maximum atomic E-state index is 10.6. The number of para-hydroxylation sites is 1. The van der Waals surface area contributed by atoms with Crippen molar-refractivity contribution in [1.82, 2.24) is 0 Å². The Balaban J connectivity index is 2.65. The maximum absolute atomic E-state index is 10.6. The van der Waals surface area contributed by atoms with Gasteiger partial charge in [0, 0.05) is 14.0 Å². The quantitative estimate of drug-likeness (QED) is 0.623. The second kappa shape index (κ2) is 3.76. The average Bonchev–Trinajstić information content (AvgIpc) is 2.05. The van der Waals surface area contributed by atoms with Crippen LogP contribution in [0.25, 0.3) is 0 Å². The third kappa shape index (κ3) is 2.27. The van der Waals surface area contributed by atoms with Gasteiger partial charge in [0.1, 0.15) is 0 Å². The Morgan fingerprint density at radius 1 is 1.33 bits per heavy atom. The Bertz CT molecular complexity index is 258. The molecule has 0 N–H and O–H groups in total. The van der Waals surface area contributed by atoms with Gasteiger partial charge < -0.3 is 4.84 Å². The first kappa shape index (κ1) is 8.59. The second-order valence-corrected chi connectivity index (χ2v) is 2.42. The van der Waals surface area contributed by atoms with Gasteiger partial charge >= 0.3 is 5.97 Å². The summed E-state index contributed by atoms with van der Waals surface area (Å²) in [6.07, 6.45) is 0. The Morgan fingerprint density at radius 2 is 1.92 bits per heavy atom. The number of rotatable bonds is 2. The van der Waals surface area contributed by atoms with Gasteiger partial charge in [0.25, 0.3) is 0 Å². The first-order chi connectivity index (χ1) is 5.70. The Hall–Kier alpha value is -1.51. The van der Waals surface area contributed by atoms with Crippen LogP contribution in [0.3, 0.4) is 0 Å². The summed E-state index contributed by atoms with van der Waals surface area (Å²) in [5.41, 5.74) is 0.854. The van der Waals surface area contributed by atoms with Crippen LogP contribution in [0.15, 0.2) is 30.3 Å². The van der Waals surface area contributed by atoms with Gasteiger partial charge in [-0.05, 0) is 12.1 Å². The van der Waals surface area contributed by atoms with E-state index in [0.29, 0.717) is 0 Å². The van der Waals surface area contributed by atoms with Crippen LogP contribution >= 0.6 is 0 Å². The molecule has 12 heavy (non-hydrogen) atoms. The minimum Gasteiger partial charge on any atom is -0.341 e. The Kier molecular flexibility index (Phi) is 2.69. The molecule has 0 aliphatic carbocycles. The van der Waals surface area contributed by atoms with Crippen LogP contribution < -0.4 is 5.06 Å². The molecular weight excluding hydrogens is 154 g/mol. The number of hydrogen-bond donors (Lipinski definition) is 0. The van der Waals surface area contributed by atoms with Crippen molar-refractivity contribution in [2.45, 2.75) is 6.92 Å². The zero-order chi connectivity index (χ0) is 8.97. The standard InChI is InChI=1S/C9H11NO2/c1-8(11)12-10(2)9-6-4-3-5-7-9/h3-7H,1-2H3. The predicted molar refractivity (Wildman–Crippen MR) is 46.6 cm³/mol. The fourth-order valence-electron chi connectivity index (χ4n) is 0.883. The molecule has 1 rings (SSSR count).